The topological polar surface area (TPSA) is 55.6 Å². The number of rotatable bonds is 9. The fraction of sp³-hybridized carbons (Fsp3) is 0.500. The summed E-state index contributed by atoms with van der Waals surface area (Å²) >= 11 is 3.38. The summed E-state index contributed by atoms with van der Waals surface area (Å²) in [5.74, 6) is 0.539. The van der Waals surface area contributed by atoms with Crippen LogP contribution in [0.1, 0.15) is 19.8 Å². The second-order valence-corrected chi connectivity index (χ2v) is 5.31. The van der Waals surface area contributed by atoms with Gasteiger partial charge >= 0.3 is 0 Å². The fourth-order valence-electron chi connectivity index (χ4n) is 1.70. The van der Waals surface area contributed by atoms with Crippen LogP contribution in [0.5, 0.6) is 5.75 Å². The molecule has 0 saturated carbocycles. The van der Waals surface area contributed by atoms with Crippen molar-refractivity contribution in [2.24, 2.45) is 5.73 Å². The van der Waals surface area contributed by atoms with Crippen LogP contribution >= 0.6 is 15.9 Å². The Morgan fingerprint density at radius 2 is 2.00 bits per heavy atom. The van der Waals surface area contributed by atoms with Crippen molar-refractivity contribution >= 4 is 21.8 Å². The van der Waals surface area contributed by atoms with Gasteiger partial charge in [-0.25, -0.2) is 0 Å². The first-order chi connectivity index (χ1) is 9.11. The van der Waals surface area contributed by atoms with E-state index in [9.17, 15) is 4.79 Å². The highest BCUT2D eigenvalue weighted by Crippen LogP contribution is 2.15. The average Bonchev–Trinajstić information content (AvgIpc) is 2.37. The molecule has 0 aliphatic carbocycles. The zero-order valence-corrected chi connectivity index (χ0v) is 12.9. The van der Waals surface area contributed by atoms with E-state index >= 15 is 0 Å². The van der Waals surface area contributed by atoms with E-state index in [1.54, 1.807) is 0 Å². The highest BCUT2D eigenvalue weighted by Gasteiger charge is 2.07. The molecule has 0 saturated heterocycles. The number of hydrogen-bond acceptors (Lipinski definition) is 3. The van der Waals surface area contributed by atoms with Gasteiger partial charge in [0.25, 0.3) is 0 Å². The number of ether oxygens (including phenoxy) is 1. The molecule has 2 N–H and O–H groups in total. The lowest BCUT2D eigenvalue weighted by molar-refractivity contribution is -0.119. The number of halogens is 1. The maximum Gasteiger partial charge on any atom is 0.231 e. The molecule has 0 aliphatic heterocycles. The minimum Gasteiger partial charge on any atom is -0.492 e. The van der Waals surface area contributed by atoms with Crippen LogP contribution in [-0.4, -0.2) is 37.0 Å². The minimum absolute atomic E-state index is 0.292. The van der Waals surface area contributed by atoms with Crippen LogP contribution in [0.4, 0.5) is 0 Å². The van der Waals surface area contributed by atoms with Crippen LogP contribution in [0, 0.1) is 0 Å². The summed E-state index contributed by atoms with van der Waals surface area (Å²) in [6, 6.07) is 7.70. The third kappa shape index (κ3) is 7.18. The van der Waals surface area contributed by atoms with Gasteiger partial charge in [0, 0.05) is 11.0 Å². The molecule has 0 spiro atoms. The predicted molar refractivity (Wildman–Crippen MR) is 80.2 cm³/mol. The van der Waals surface area contributed by atoms with Crippen LogP contribution in [0.25, 0.3) is 0 Å². The Labute approximate surface area is 123 Å². The molecule has 1 amide bonds. The Hall–Kier alpha value is -1.07. The second-order valence-electron chi connectivity index (χ2n) is 4.40. The molecule has 0 aliphatic rings. The number of hydrogen-bond donors (Lipinski definition) is 1. The van der Waals surface area contributed by atoms with E-state index in [2.05, 4.69) is 22.9 Å². The van der Waals surface area contributed by atoms with Crippen molar-refractivity contribution in [3.8, 4) is 5.75 Å². The Morgan fingerprint density at radius 1 is 1.32 bits per heavy atom. The van der Waals surface area contributed by atoms with Crippen molar-refractivity contribution < 1.29 is 9.53 Å². The van der Waals surface area contributed by atoms with E-state index < -0.39 is 0 Å². The zero-order valence-electron chi connectivity index (χ0n) is 11.3. The zero-order chi connectivity index (χ0) is 14.1. The summed E-state index contributed by atoms with van der Waals surface area (Å²) in [6.45, 7) is 4.56. The first kappa shape index (κ1) is 16.0. The molecule has 0 unspecified atom stereocenters. The molecule has 0 bridgehead atoms. The average molecular weight is 329 g/mol. The van der Waals surface area contributed by atoms with Gasteiger partial charge in [0.15, 0.2) is 0 Å². The van der Waals surface area contributed by atoms with Crippen molar-refractivity contribution in [2.45, 2.75) is 19.8 Å². The monoisotopic (exact) mass is 328 g/mol. The molecule has 1 rings (SSSR count). The first-order valence-electron chi connectivity index (χ1n) is 6.51. The quantitative estimate of drug-likeness (QED) is 0.757. The van der Waals surface area contributed by atoms with Gasteiger partial charge in [-0.2, -0.15) is 0 Å². The summed E-state index contributed by atoms with van der Waals surface area (Å²) in [5.41, 5.74) is 5.24. The lowest BCUT2D eigenvalue weighted by atomic mass is 10.3. The van der Waals surface area contributed by atoms with Crippen molar-refractivity contribution in [1.82, 2.24) is 4.90 Å². The van der Waals surface area contributed by atoms with Gasteiger partial charge in [0.2, 0.25) is 5.91 Å². The molecule has 0 fully saturated rings. The summed E-state index contributed by atoms with van der Waals surface area (Å²) in [4.78, 5) is 13.0. The van der Waals surface area contributed by atoms with Crippen LogP contribution in [0.2, 0.25) is 0 Å². The highest BCUT2D eigenvalue weighted by molar-refractivity contribution is 9.10. The maximum atomic E-state index is 11.0. The number of nitrogens with zero attached hydrogens (tertiary/aromatic N) is 1. The Bertz CT molecular complexity index is 382. The summed E-state index contributed by atoms with van der Waals surface area (Å²) in [5, 5.41) is 0. The van der Waals surface area contributed by atoms with Gasteiger partial charge in [-0.3, -0.25) is 9.69 Å². The van der Waals surface area contributed by atoms with Gasteiger partial charge in [-0.05, 0) is 37.2 Å². The third-order valence-corrected chi connectivity index (χ3v) is 3.23. The summed E-state index contributed by atoms with van der Waals surface area (Å²) in [6.07, 6.45) is 2.16. The molecule has 0 radical (unpaired) electrons. The summed E-state index contributed by atoms with van der Waals surface area (Å²) in [7, 11) is 0. The molecular formula is C14H21BrN2O2. The van der Waals surface area contributed by atoms with Gasteiger partial charge in [-0.15, -0.1) is 0 Å². The maximum absolute atomic E-state index is 11.0. The van der Waals surface area contributed by atoms with Crippen LogP contribution in [-0.2, 0) is 4.79 Å². The predicted octanol–water partition coefficient (Wildman–Crippen LogP) is 2.42. The Morgan fingerprint density at radius 3 is 2.58 bits per heavy atom. The third-order valence-electron chi connectivity index (χ3n) is 2.70. The number of amides is 1. The van der Waals surface area contributed by atoms with E-state index in [-0.39, 0.29) is 5.91 Å². The lowest BCUT2D eigenvalue weighted by Gasteiger charge is -2.20. The molecule has 5 heteroatoms. The van der Waals surface area contributed by atoms with E-state index in [4.69, 9.17) is 10.5 Å². The highest BCUT2D eigenvalue weighted by atomic mass is 79.9. The van der Waals surface area contributed by atoms with Crippen LogP contribution in [0.15, 0.2) is 28.7 Å². The number of carbonyl (C=O) groups excluding carboxylic acids is 1. The van der Waals surface area contributed by atoms with E-state index in [0.717, 1.165) is 29.6 Å². The second kappa shape index (κ2) is 8.93. The van der Waals surface area contributed by atoms with Crippen molar-refractivity contribution in [2.75, 3.05) is 26.2 Å². The lowest BCUT2D eigenvalue weighted by Crippen LogP contribution is -2.37. The smallest absolute Gasteiger partial charge is 0.231 e. The Kier molecular flexibility index (Phi) is 7.52. The fourth-order valence-corrected chi connectivity index (χ4v) is 1.96. The molecule has 19 heavy (non-hydrogen) atoms. The number of carbonyl (C=O) groups is 1. The van der Waals surface area contributed by atoms with Crippen molar-refractivity contribution in [1.29, 1.82) is 0 Å². The minimum atomic E-state index is -0.292. The molecule has 0 atom stereocenters. The number of primary amides is 1. The van der Waals surface area contributed by atoms with Crippen LogP contribution < -0.4 is 10.5 Å². The van der Waals surface area contributed by atoms with Crippen LogP contribution in [0.3, 0.4) is 0 Å². The van der Waals surface area contributed by atoms with Crippen molar-refractivity contribution in [3.05, 3.63) is 28.7 Å². The SMILES string of the molecule is CCCCN(CCOc1ccc(Br)cc1)CC(N)=O. The molecule has 0 aromatic heterocycles. The van der Waals surface area contributed by atoms with Crippen molar-refractivity contribution in [3.63, 3.8) is 0 Å². The van der Waals surface area contributed by atoms with Gasteiger partial charge < -0.3 is 10.5 Å². The molecule has 1 aromatic carbocycles. The Balaban J connectivity index is 2.34. The van der Waals surface area contributed by atoms with Gasteiger partial charge in [-0.1, -0.05) is 29.3 Å². The molecule has 0 heterocycles. The first-order valence-corrected chi connectivity index (χ1v) is 7.30. The number of nitrogens with two attached hydrogens (primary N) is 1. The van der Waals surface area contributed by atoms with E-state index in [0.29, 0.717) is 19.7 Å². The largest absolute Gasteiger partial charge is 0.492 e. The van der Waals surface area contributed by atoms with Gasteiger partial charge in [0.1, 0.15) is 12.4 Å². The normalized spacial score (nSPS) is 10.7. The van der Waals surface area contributed by atoms with E-state index in [1.165, 1.54) is 0 Å². The standard InChI is InChI=1S/C14H21BrN2O2/c1-2-3-8-17(11-14(16)18)9-10-19-13-6-4-12(15)5-7-13/h4-7H,2-3,8-11H2,1H3,(H2,16,18). The molecule has 106 valence electrons. The van der Waals surface area contributed by atoms with Gasteiger partial charge in [0.05, 0.1) is 6.54 Å². The number of benzene rings is 1. The molecular weight excluding hydrogens is 308 g/mol. The van der Waals surface area contributed by atoms with E-state index in [1.807, 2.05) is 29.2 Å². The molecule has 4 nitrogen and oxygen atoms in total. The number of unbranched alkanes of at least 4 members (excludes halogenated alkanes) is 1. The molecule has 1 aromatic rings. The summed E-state index contributed by atoms with van der Waals surface area (Å²) < 4.78 is 6.66.